The first-order chi connectivity index (χ1) is 9.34. The van der Waals surface area contributed by atoms with Crippen molar-refractivity contribution in [3.8, 4) is 0 Å². The molecule has 0 atom stereocenters. The zero-order valence-electron chi connectivity index (χ0n) is 10.2. The minimum Gasteiger partial charge on any atom is -0.206 e. The Morgan fingerprint density at radius 2 is 1.63 bits per heavy atom. The Morgan fingerprint density at radius 1 is 0.895 bits per heavy atom. The van der Waals surface area contributed by atoms with Gasteiger partial charge in [-0.2, -0.15) is 0 Å². The fourth-order valence-corrected chi connectivity index (χ4v) is 1.95. The molecule has 92 valence electrons. The van der Waals surface area contributed by atoms with Crippen LogP contribution < -0.4 is 4.68 Å². The van der Waals surface area contributed by atoms with E-state index in [9.17, 15) is 4.39 Å². The molecule has 0 aliphatic rings. The van der Waals surface area contributed by atoms with Crippen LogP contribution >= 0.6 is 0 Å². The van der Waals surface area contributed by atoms with Gasteiger partial charge in [0, 0.05) is 23.1 Å². The number of para-hydroxylation sites is 1. The van der Waals surface area contributed by atoms with Gasteiger partial charge in [0.1, 0.15) is 12.0 Å². The molecule has 0 N–H and O–H groups in total. The molecule has 0 fully saturated rings. The highest BCUT2D eigenvalue weighted by Crippen LogP contribution is 2.08. The van der Waals surface area contributed by atoms with E-state index in [1.54, 1.807) is 22.9 Å². The monoisotopic (exact) mass is 251 g/mol. The molecule has 19 heavy (non-hydrogen) atoms. The average molecular weight is 251 g/mol. The quantitative estimate of drug-likeness (QED) is 0.491. The van der Waals surface area contributed by atoms with Gasteiger partial charge in [-0.05, 0) is 23.3 Å². The van der Waals surface area contributed by atoms with Crippen LogP contribution in [0.25, 0.3) is 10.9 Å². The van der Waals surface area contributed by atoms with Crippen molar-refractivity contribution in [2.45, 2.75) is 0 Å². The van der Waals surface area contributed by atoms with E-state index in [-0.39, 0.29) is 5.82 Å². The summed E-state index contributed by atoms with van der Waals surface area (Å²) in [5, 5.41) is 5.41. The highest BCUT2D eigenvalue weighted by molar-refractivity contribution is 5.80. The molecule has 3 aromatic rings. The summed E-state index contributed by atoms with van der Waals surface area (Å²) < 4.78 is 15.2. The number of benzene rings is 2. The molecule has 0 spiro atoms. The summed E-state index contributed by atoms with van der Waals surface area (Å²) in [6.45, 7) is 0. The molecule has 1 aromatic heterocycles. The van der Waals surface area contributed by atoms with Crippen molar-refractivity contribution < 1.29 is 9.07 Å². The van der Waals surface area contributed by atoms with Gasteiger partial charge in [-0.15, -0.1) is 0 Å². The topological polar surface area (TPSA) is 16.2 Å². The Balaban J connectivity index is 2.04. The first-order valence-corrected chi connectivity index (χ1v) is 6.03. The Kier molecular flexibility index (Phi) is 3.02. The fraction of sp³-hybridized carbons (Fsp3) is 0. The lowest BCUT2D eigenvalue weighted by Gasteiger charge is -1.95. The van der Waals surface area contributed by atoms with Crippen molar-refractivity contribution in [2.75, 3.05) is 0 Å². The number of halogens is 1. The van der Waals surface area contributed by atoms with Crippen LogP contribution in [-0.2, 0) is 0 Å². The van der Waals surface area contributed by atoms with Crippen molar-refractivity contribution in [3.05, 3.63) is 78.2 Å². The Bertz CT molecular complexity index is 745. The molecular weight excluding hydrogens is 239 g/mol. The number of hydrogen-bond donors (Lipinski definition) is 0. The second-order valence-electron chi connectivity index (χ2n) is 4.18. The summed E-state index contributed by atoms with van der Waals surface area (Å²) >= 11 is 0. The lowest BCUT2D eigenvalue weighted by Crippen LogP contribution is -2.27. The predicted octanol–water partition coefficient (Wildman–Crippen LogP) is 3.15. The number of pyridine rings is 1. The molecule has 2 nitrogen and oxygen atoms in total. The normalized spacial score (nSPS) is 11.2. The maximum absolute atomic E-state index is 13.5. The number of aromatic nitrogens is 1. The first-order valence-electron chi connectivity index (χ1n) is 6.03. The van der Waals surface area contributed by atoms with Crippen molar-refractivity contribution in [3.63, 3.8) is 0 Å². The van der Waals surface area contributed by atoms with Crippen LogP contribution in [0.4, 0.5) is 4.39 Å². The van der Waals surface area contributed by atoms with Crippen LogP contribution in [0, 0.1) is 5.82 Å². The predicted molar refractivity (Wildman–Crippen MR) is 73.5 cm³/mol. The van der Waals surface area contributed by atoms with E-state index >= 15 is 0 Å². The molecule has 0 amide bonds. The van der Waals surface area contributed by atoms with E-state index in [1.165, 1.54) is 12.3 Å². The molecule has 0 unspecified atom stereocenters. The van der Waals surface area contributed by atoms with E-state index < -0.39 is 0 Å². The van der Waals surface area contributed by atoms with Gasteiger partial charge in [0.05, 0.1) is 0 Å². The molecule has 2 aromatic carbocycles. The molecule has 0 aliphatic carbocycles. The minimum absolute atomic E-state index is 0.271. The fourth-order valence-electron chi connectivity index (χ4n) is 1.95. The molecular formula is C16H12FN2+. The summed E-state index contributed by atoms with van der Waals surface area (Å²) in [6, 6.07) is 18.4. The molecule has 3 heteroatoms. The van der Waals surface area contributed by atoms with Crippen molar-refractivity contribution in [1.29, 1.82) is 0 Å². The van der Waals surface area contributed by atoms with Crippen molar-refractivity contribution >= 4 is 17.1 Å². The maximum Gasteiger partial charge on any atom is 0.245 e. The highest BCUT2D eigenvalue weighted by Gasteiger charge is 2.06. The van der Waals surface area contributed by atoms with Gasteiger partial charge in [-0.3, -0.25) is 0 Å². The summed E-state index contributed by atoms with van der Waals surface area (Å²) in [5.74, 6) is -0.271. The molecule has 3 rings (SSSR count). The summed E-state index contributed by atoms with van der Waals surface area (Å²) in [4.78, 5) is 0. The molecule has 0 saturated heterocycles. The number of nitrogens with zero attached hydrogens (tertiary/aromatic N) is 2. The van der Waals surface area contributed by atoms with Crippen molar-refractivity contribution in [2.24, 2.45) is 5.10 Å². The first kappa shape index (κ1) is 11.5. The van der Waals surface area contributed by atoms with Crippen LogP contribution in [0.5, 0.6) is 0 Å². The van der Waals surface area contributed by atoms with Gasteiger partial charge in [-0.25, -0.2) is 4.39 Å². The number of fused-ring (bicyclic) bond motifs is 1. The third-order valence-corrected chi connectivity index (χ3v) is 2.91. The number of rotatable bonds is 2. The van der Waals surface area contributed by atoms with E-state index in [2.05, 4.69) is 5.10 Å². The van der Waals surface area contributed by atoms with Gasteiger partial charge in [0.25, 0.3) is 0 Å². The third-order valence-electron chi connectivity index (χ3n) is 2.91. The smallest absolute Gasteiger partial charge is 0.206 e. The molecule has 0 saturated carbocycles. The summed E-state index contributed by atoms with van der Waals surface area (Å²) in [7, 11) is 0. The van der Waals surface area contributed by atoms with E-state index in [4.69, 9.17) is 0 Å². The van der Waals surface area contributed by atoms with Crippen LogP contribution in [0.3, 0.4) is 0 Å². The van der Waals surface area contributed by atoms with Crippen LogP contribution in [0.2, 0.25) is 0 Å². The van der Waals surface area contributed by atoms with E-state index in [0.29, 0.717) is 5.56 Å². The van der Waals surface area contributed by atoms with E-state index in [1.807, 2.05) is 42.6 Å². The van der Waals surface area contributed by atoms with Gasteiger partial charge < -0.3 is 0 Å². The summed E-state index contributed by atoms with van der Waals surface area (Å²) in [6.07, 6.45) is 3.38. The molecule has 0 radical (unpaired) electrons. The Morgan fingerprint density at radius 3 is 2.53 bits per heavy atom. The zero-order chi connectivity index (χ0) is 13.1. The SMILES string of the molecule is Fc1ccccc1C=N[n+]1cccc2ccccc21. The number of hydrogen-bond acceptors (Lipinski definition) is 1. The lowest BCUT2D eigenvalue weighted by molar-refractivity contribution is -0.651. The summed E-state index contributed by atoms with van der Waals surface area (Å²) in [5.41, 5.74) is 1.46. The molecule has 0 aliphatic heterocycles. The van der Waals surface area contributed by atoms with Crippen LogP contribution in [0.15, 0.2) is 72.0 Å². The standard InChI is InChI=1S/C16H12FN2/c17-15-9-3-1-7-14(15)12-18-19-11-5-8-13-6-2-4-10-16(13)19/h1-12H/q+1. The van der Waals surface area contributed by atoms with Gasteiger partial charge in [0.15, 0.2) is 0 Å². The zero-order valence-corrected chi connectivity index (χ0v) is 10.2. The van der Waals surface area contributed by atoms with Gasteiger partial charge >= 0.3 is 0 Å². The highest BCUT2D eigenvalue weighted by atomic mass is 19.1. The molecule has 0 bridgehead atoms. The average Bonchev–Trinajstić information content (AvgIpc) is 2.46. The second-order valence-corrected chi connectivity index (χ2v) is 4.18. The van der Waals surface area contributed by atoms with Crippen molar-refractivity contribution in [1.82, 2.24) is 0 Å². The van der Waals surface area contributed by atoms with Gasteiger partial charge in [-0.1, -0.05) is 35.0 Å². The van der Waals surface area contributed by atoms with Crippen LogP contribution in [0.1, 0.15) is 5.56 Å². The lowest BCUT2D eigenvalue weighted by atomic mass is 10.2. The minimum atomic E-state index is -0.271. The Hall–Kier alpha value is -2.55. The largest absolute Gasteiger partial charge is 0.245 e. The van der Waals surface area contributed by atoms with Gasteiger partial charge in [0.2, 0.25) is 11.7 Å². The van der Waals surface area contributed by atoms with E-state index in [0.717, 1.165) is 10.9 Å². The van der Waals surface area contributed by atoms with Crippen LogP contribution in [-0.4, -0.2) is 6.21 Å². The second kappa shape index (κ2) is 4.98. The Labute approximate surface area is 110 Å². The maximum atomic E-state index is 13.5. The third kappa shape index (κ3) is 2.36. The molecule has 1 heterocycles.